The van der Waals surface area contributed by atoms with Crippen LogP contribution in [0.5, 0.6) is 0 Å². The van der Waals surface area contributed by atoms with Crippen molar-refractivity contribution in [2.45, 2.75) is 51.7 Å². The summed E-state index contributed by atoms with van der Waals surface area (Å²) in [6, 6.07) is 19.1. The van der Waals surface area contributed by atoms with Crippen molar-refractivity contribution < 1.29 is 19.1 Å². The van der Waals surface area contributed by atoms with Crippen molar-refractivity contribution in [2.75, 3.05) is 43.5 Å². The summed E-state index contributed by atoms with van der Waals surface area (Å²) in [5.41, 5.74) is 5.10. The maximum absolute atomic E-state index is 13.5. The number of carbonyl (C=O) groups excluding carboxylic acids is 3. The standard InChI is InChI=1S/C37H44N8O4/c1-23(2)33(43-37(48)49-4)36(47)45-18-5-6-31(45)34-40-22-30(42-34)27-9-7-25(8-10-27)26-11-14-29(15-12-26)41-35(46)28-13-16-32(39-21-28)44-19-17-38-20-24(44)3/h7-16,21-24,31,33,38H,5-6,17-20H2,1-4H3,(H,40,42)(H,41,46)(H,43,48). The zero-order chi connectivity index (χ0) is 34.5. The fraction of sp³-hybridized carbons (Fsp3) is 0.378. The number of carbonyl (C=O) groups is 3. The van der Waals surface area contributed by atoms with Gasteiger partial charge in [0.2, 0.25) is 5.91 Å². The van der Waals surface area contributed by atoms with E-state index in [0.717, 1.165) is 66.5 Å². The number of nitrogens with one attached hydrogen (secondary N) is 4. The van der Waals surface area contributed by atoms with Crippen molar-refractivity contribution in [1.29, 1.82) is 0 Å². The number of H-pyrrole nitrogens is 1. The molecule has 4 heterocycles. The van der Waals surface area contributed by atoms with E-state index >= 15 is 0 Å². The highest BCUT2D eigenvalue weighted by molar-refractivity contribution is 6.04. The zero-order valence-electron chi connectivity index (χ0n) is 28.4. The molecule has 2 aliphatic rings. The molecule has 0 spiro atoms. The predicted molar refractivity (Wildman–Crippen MR) is 189 cm³/mol. The van der Waals surface area contributed by atoms with E-state index in [1.807, 2.05) is 74.5 Å². The number of piperazine rings is 1. The predicted octanol–water partition coefficient (Wildman–Crippen LogP) is 5.23. The number of anilines is 2. The average Bonchev–Trinajstić information content (AvgIpc) is 3.82. The van der Waals surface area contributed by atoms with Gasteiger partial charge in [-0.3, -0.25) is 9.59 Å². The largest absolute Gasteiger partial charge is 0.453 e. The van der Waals surface area contributed by atoms with Gasteiger partial charge in [0.15, 0.2) is 0 Å². The third kappa shape index (κ3) is 7.59. The Hall–Kier alpha value is -5.23. The molecule has 6 rings (SSSR count). The lowest BCUT2D eigenvalue weighted by Crippen LogP contribution is -2.51. The summed E-state index contributed by atoms with van der Waals surface area (Å²) in [5, 5.41) is 9.04. The van der Waals surface area contributed by atoms with Crippen LogP contribution in [0.2, 0.25) is 0 Å². The topological polar surface area (TPSA) is 145 Å². The van der Waals surface area contributed by atoms with Crippen molar-refractivity contribution in [3.63, 3.8) is 0 Å². The van der Waals surface area contributed by atoms with Gasteiger partial charge in [-0.2, -0.15) is 0 Å². The molecule has 256 valence electrons. The van der Waals surface area contributed by atoms with Gasteiger partial charge in [0, 0.05) is 44.1 Å². The van der Waals surface area contributed by atoms with Gasteiger partial charge in [-0.1, -0.05) is 50.2 Å². The van der Waals surface area contributed by atoms with Crippen LogP contribution < -0.4 is 20.9 Å². The van der Waals surface area contributed by atoms with Gasteiger partial charge in [0.1, 0.15) is 17.7 Å². The highest BCUT2D eigenvalue weighted by atomic mass is 16.5. The second kappa shape index (κ2) is 14.9. The number of likely N-dealkylation sites (tertiary alicyclic amines) is 1. The molecule has 4 aromatic rings. The molecule has 3 unspecified atom stereocenters. The first-order valence-corrected chi connectivity index (χ1v) is 16.9. The number of ether oxygens (including phenoxy) is 1. The lowest BCUT2D eigenvalue weighted by Gasteiger charge is -2.34. The number of methoxy groups -OCH3 is 1. The molecule has 0 saturated carbocycles. The molecule has 2 aromatic carbocycles. The van der Waals surface area contributed by atoms with E-state index in [9.17, 15) is 14.4 Å². The van der Waals surface area contributed by atoms with Crippen molar-refractivity contribution in [3.8, 4) is 22.4 Å². The van der Waals surface area contributed by atoms with Gasteiger partial charge in [-0.25, -0.2) is 14.8 Å². The number of hydrogen-bond acceptors (Lipinski definition) is 8. The second-order valence-corrected chi connectivity index (χ2v) is 13.0. The lowest BCUT2D eigenvalue weighted by molar-refractivity contribution is -0.135. The van der Waals surface area contributed by atoms with Crippen LogP contribution in [0, 0.1) is 5.92 Å². The number of rotatable bonds is 9. The molecule has 0 bridgehead atoms. The summed E-state index contributed by atoms with van der Waals surface area (Å²) in [7, 11) is 1.29. The molecule has 3 atom stereocenters. The second-order valence-electron chi connectivity index (χ2n) is 13.0. The Bertz CT molecular complexity index is 1750. The van der Waals surface area contributed by atoms with Crippen LogP contribution >= 0.6 is 0 Å². The van der Waals surface area contributed by atoms with Crippen LogP contribution in [0.1, 0.15) is 55.8 Å². The van der Waals surface area contributed by atoms with Crippen LogP contribution in [-0.4, -0.2) is 83.1 Å². The number of amides is 3. The quantitative estimate of drug-likeness (QED) is 0.190. The molecule has 12 heteroatoms. The molecule has 2 saturated heterocycles. The number of hydrogen-bond donors (Lipinski definition) is 4. The van der Waals surface area contributed by atoms with Gasteiger partial charge in [0.05, 0.1) is 30.6 Å². The number of aromatic nitrogens is 3. The SMILES string of the molecule is COC(=O)NC(C(=O)N1CCCC1c1ncc(-c2ccc(-c3ccc(NC(=O)c4ccc(N5CCNCC5C)nc4)cc3)cc2)[nH]1)C(C)C. The Kier molecular flexibility index (Phi) is 10.2. The van der Waals surface area contributed by atoms with Crippen LogP contribution in [-0.2, 0) is 9.53 Å². The first-order valence-electron chi connectivity index (χ1n) is 16.9. The van der Waals surface area contributed by atoms with E-state index in [1.54, 1.807) is 17.3 Å². The first kappa shape index (κ1) is 33.7. The maximum atomic E-state index is 13.5. The van der Waals surface area contributed by atoms with Gasteiger partial charge >= 0.3 is 6.09 Å². The van der Waals surface area contributed by atoms with Crippen LogP contribution in [0.25, 0.3) is 22.4 Å². The van der Waals surface area contributed by atoms with E-state index in [-0.39, 0.29) is 23.8 Å². The van der Waals surface area contributed by atoms with Gasteiger partial charge in [-0.15, -0.1) is 0 Å². The Morgan fingerprint density at radius 1 is 0.918 bits per heavy atom. The monoisotopic (exact) mass is 664 g/mol. The minimum absolute atomic E-state index is 0.0965. The number of nitrogens with zero attached hydrogens (tertiary/aromatic N) is 4. The Balaban J connectivity index is 1.07. The van der Waals surface area contributed by atoms with Crippen molar-refractivity contribution in [1.82, 2.24) is 30.5 Å². The van der Waals surface area contributed by atoms with Gasteiger partial charge in [-0.05, 0) is 66.6 Å². The van der Waals surface area contributed by atoms with E-state index in [2.05, 4.69) is 42.7 Å². The summed E-state index contributed by atoms with van der Waals surface area (Å²) < 4.78 is 4.74. The minimum Gasteiger partial charge on any atom is -0.453 e. The molecule has 4 N–H and O–H groups in total. The number of benzene rings is 2. The molecule has 2 aromatic heterocycles. The van der Waals surface area contributed by atoms with E-state index in [1.165, 1.54) is 7.11 Å². The lowest BCUT2D eigenvalue weighted by atomic mass is 10.0. The van der Waals surface area contributed by atoms with Crippen LogP contribution in [0.3, 0.4) is 0 Å². The highest BCUT2D eigenvalue weighted by Crippen LogP contribution is 2.33. The summed E-state index contributed by atoms with van der Waals surface area (Å²) in [5.74, 6) is 1.17. The normalized spacial score (nSPS) is 18.3. The fourth-order valence-electron chi connectivity index (χ4n) is 6.51. The molecule has 49 heavy (non-hydrogen) atoms. The summed E-state index contributed by atoms with van der Waals surface area (Å²) in [4.78, 5) is 55.0. The average molecular weight is 665 g/mol. The van der Waals surface area contributed by atoms with Gasteiger partial charge in [0.25, 0.3) is 5.91 Å². The molecule has 12 nitrogen and oxygen atoms in total. The molecule has 0 radical (unpaired) electrons. The van der Waals surface area contributed by atoms with E-state index in [4.69, 9.17) is 4.74 Å². The van der Waals surface area contributed by atoms with Crippen molar-refractivity contribution in [2.24, 2.45) is 5.92 Å². The molecule has 0 aliphatic carbocycles. The number of imidazole rings is 1. The van der Waals surface area contributed by atoms with E-state index in [0.29, 0.717) is 23.8 Å². The summed E-state index contributed by atoms with van der Waals surface area (Å²) in [6.07, 6.45) is 4.45. The van der Waals surface area contributed by atoms with Crippen molar-refractivity contribution >= 4 is 29.4 Å². The molecular weight excluding hydrogens is 620 g/mol. The molecule has 3 amide bonds. The maximum Gasteiger partial charge on any atom is 0.407 e. The van der Waals surface area contributed by atoms with E-state index < -0.39 is 12.1 Å². The number of aromatic amines is 1. The highest BCUT2D eigenvalue weighted by Gasteiger charge is 2.37. The number of pyridine rings is 1. The van der Waals surface area contributed by atoms with Crippen LogP contribution in [0.15, 0.2) is 73.1 Å². The Morgan fingerprint density at radius 3 is 2.29 bits per heavy atom. The smallest absolute Gasteiger partial charge is 0.407 e. The first-order chi connectivity index (χ1) is 23.7. The third-order valence-electron chi connectivity index (χ3n) is 9.32. The summed E-state index contributed by atoms with van der Waals surface area (Å²) >= 11 is 0. The van der Waals surface area contributed by atoms with Crippen LogP contribution in [0.4, 0.5) is 16.3 Å². The zero-order valence-corrected chi connectivity index (χ0v) is 28.4. The fourth-order valence-corrected chi connectivity index (χ4v) is 6.51. The molecular formula is C37H44N8O4. The van der Waals surface area contributed by atoms with Crippen molar-refractivity contribution in [3.05, 3.63) is 84.4 Å². The molecule has 2 fully saturated rings. The third-order valence-corrected chi connectivity index (χ3v) is 9.32. The van der Waals surface area contributed by atoms with Gasteiger partial charge < -0.3 is 35.5 Å². The number of alkyl carbamates (subject to hydrolysis) is 1. The Labute approximate surface area is 286 Å². The molecule has 2 aliphatic heterocycles. The minimum atomic E-state index is -0.679. The Morgan fingerprint density at radius 2 is 1.63 bits per heavy atom. The summed E-state index contributed by atoms with van der Waals surface area (Å²) in [6.45, 7) is 9.29.